The maximum atomic E-state index is 12.3. The molecule has 0 radical (unpaired) electrons. The maximum Gasteiger partial charge on any atom is 0.279 e. The number of rotatable bonds is 3. The Hall–Kier alpha value is -2.41. The highest BCUT2D eigenvalue weighted by Gasteiger charge is 2.24. The van der Waals surface area contributed by atoms with Gasteiger partial charge in [0, 0.05) is 5.22 Å². The highest BCUT2D eigenvalue weighted by molar-refractivity contribution is 7.17. The van der Waals surface area contributed by atoms with E-state index in [1.807, 2.05) is 6.07 Å². The number of nitrogens with zero attached hydrogens (tertiary/aromatic N) is 2. The number of amides is 1. The van der Waals surface area contributed by atoms with Crippen LogP contribution in [0.1, 0.15) is 4.88 Å². The molecule has 1 aliphatic heterocycles. The Morgan fingerprint density at radius 3 is 2.72 bits per heavy atom. The quantitative estimate of drug-likeness (QED) is 0.720. The minimum Gasteiger partial charge on any atom is -0.492 e. The van der Waals surface area contributed by atoms with E-state index in [0.29, 0.717) is 41.9 Å². The van der Waals surface area contributed by atoms with Gasteiger partial charge in [0.25, 0.3) is 5.91 Å². The van der Waals surface area contributed by atoms with Crippen LogP contribution in [0.15, 0.2) is 47.5 Å². The van der Waals surface area contributed by atoms with Crippen molar-refractivity contribution in [3.63, 3.8) is 0 Å². The topological polar surface area (TPSA) is 74.6 Å². The number of carbonyl (C=O) groups excluding carboxylic acids is 1. The zero-order valence-electron chi connectivity index (χ0n) is 12.5. The van der Waals surface area contributed by atoms with Gasteiger partial charge < -0.3 is 10.4 Å². The first-order valence-electron chi connectivity index (χ1n) is 7.18. The Labute approximate surface area is 155 Å². The van der Waals surface area contributed by atoms with E-state index in [1.54, 1.807) is 36.4 Å². The summed E-state index contributed by atoms with van der Waals surface area (Å²) in [7, 11) is 0. The number of benzene rings is 2. The van der Waals surface area contributed by atoms with Crippen LogP contribution in [-0.2, 0) is 4.79 Å². The van der Waals surface area contributed by atoms with Gasteiger partial charge in [0.2, 0.25) is 5.88 Å². The molecule has 25 heavy (non-hydrogen) atoms. The predicted molar refractivity (Wildman–Crippen MR) is 98.3 cm³/mol. The van der Waals surface area contributed by atoms with E-state index in [2.05, 4.69) is 15.3 Å². The average molecular weight is 390 g/mol. The maximum absolute atomic E-state index is 12.3. The zero-order chi connectivity index (χ0) is 17.6. The lowest BCUT2D eigenvalue weighted by Crippen LogP contribution is -2.22. The van der Waals surface area contributed by atoms with E-state index in [1.165, 1.54) is 0 Å². The number of anilines is 2. The molecule has 2 heterocycles. The molecule has 0 saturated carbocycles. The fourth-order valence-corrected chi connectivity index (χ4v) is 3.80. The van der Waals surface area contributed by atoms with E-state index in [0.717, 1.165) is 11.3 Å². The van der Waals surface area contributed by atoms with E-state index in [-0.39, 0.29) is 5.88 Å². The second kappa shape index (κ2) is 6.15. The number of nitrogens with one attached hydrogen (secondary N) is 1. The van der Waals surface area contributed by atoms with Gasteiger partial charge in [-0.15, -0.1) is 0 Å². The molecule has 0 spiro atoms. The summed E-state index contributed by atoms with van der Waals surface area (Å²) in [5.74, 6) is -0.631. The highest BCUT2D eigenvalue weighted by Crippen LogP contribution is 2.37. The second-order valence-corrected chi connectivity index (χ2v) is 6.99. The normalized spacial score (nSPS) is 12.9. The van der Waals surface area contributed by atoms with Crippen molar-refractivity contribution in [2.75, 3.05) is 5.32 Å². The Morgan fingerprint density at radius 1 is 1.08 bits per heavy atom. The molecular weight excluding hydrogens is 381 g/mol. The first-order valence-corrected chi connectivity index (χ1v) is 8.75. The summed E-state index contributed by atoms with van der Waals surface area (Å²) in [5, 5.41) is 15.6. The molecule has 8 heteroatoms. The number of thiazole rings is 1. The summed E-state index contributed by atoms with van der Waals surface area (Å²) in [6.07, 6.45) is 0. The Morgan fingerprint density at radius 2 is 1.88 bits per heavy atom. The number of aromatic nitrogens is 1. The summed E-state index contributed by atoms with van der Waals surface area (Å²) >= 11 is 13.3. The lowest BCUT2D eigenvalue weighted by atomic mass is 10.1. The van der Waals surface area contributed by atoms with Gasteiger partial charge in [-0.25, -0.2) is 4.99 Å². The van der Waals surface area contributed by atoms with E-state index < -0.39 is 5.91 Å². The number of hydrogen-bond acceptors (Lipinski definition) is 5. The van der Waals surface area contributed by atoms with Crippen LogP contribution in [0.4, 0.5) is 10.8 Å². The van der Waals surface area contributed by atoms with Gasteiger partial charge in [0.15, 0.2) is 5.13 Å². The third-order valence-corrected chi connectivity index (χ3v) is 5.44. The van der Waals surface area contributed by atoms with Crippen LogP contribution in [0.3, 0.4) is 0 Å². The van der Waals surface area contributed by atoms with Crippen molar-refractivity contribution in [3.05, 3.63) is 68.0 Å². The molecule has 0 atom stereocenters. The Kier molecular flexibility index (Phi) is 3.95. The molecule has 1 aromatic heterocycles. The zero-order valence-corrected chi connectivity index (χ0v) is 14.8. The predicted octanol–water partition coefficient (Wildman–Crippen LogP) is 3.26. The molecule has 0 fully saturated rings. The number of halogens is 2. The molecule has 0 unspecified atom stereocenters. The molecule has 2 aromatic carbocycles. The average Bonchev–Trinajstić information content (AvgIpc) is 3.10. The molecule has 124 valence electrons. The Bertz CT molecular complexity index is 1140. The lowest BCUT2D eigenvalue weighted by Gasteiger charge is -2.05. The molecular formula is C17H9Cl2N3O2S. The molecule has 1 aliphatic rings. The smallest absolute Gasteiger partial charge is 0.279 e. The van der Waals surface area contributed by atoms with Crippen LogP contribution in [0.2, 0.25) is 10.0 Å². The van der Waals surface area contributed by atoms with Crippen LogP contribution in [0.25, 0.3) is 5.57 Å². The fraction of sp³-hybridized carbons (Fsp3) is 0. The number of aromatic hydroxyl groups is 1. The molecule has 5 nitrogen and oxygen atoms in total. The van der Waals surface area contributed by atoms with E-state index in [4.69, 9.17) is 23.2 Å². The van der Waals surface area contributed by atoms with Gasteiger partial charge in [0.1, 0.15) is 4.88 Å². The largest absolute Gasteiger partial charge is 0.492 e. The molecule has 0 saturated heterocycles. The van der Waals surface area contributed by atoms with Gasteiger partial charge in [-0.1, -0.05) is 58.8 Å². The van der Waals surface area contributed by atoms with Crippen molar-refractivity contribution in [2.24, 2.45) is 4.99 Å². The van der Waals surface area contributed by atoms with Gasteiger partial charge in [0.05, 0.1) is 26.7 Å². The minimum atomic E-state index is -0.396. The van der Waals surface area contributed by atoms with Crippen molar-refractivity contribution >= 4 is 56.8 Å². The first-order chi connectivity index (χ1) is 12.0. The summed E-state index contributed by atoms with van der Waals surface area (Å²) in [4.78, 5) is 20.7. The third kappa shape index (κ3) is 2.78. The van der Waals surface area contributed by atoms with Crippen molar-refractivity contribution in [1.82, 2.24) is 4.98 Å². The van der Waals surface area contributed by atoms with E-state index >= 15 is 0 Å². The van der Waals surface area contributed by atoms with Gasteiger partial charge in [-0.2, -0.15) is 4.98 Å². The van der Waals surface area contributed by atoms with Crippen molar-refractivity contribution in [1.29, 1.82) is 0 Å². The minimum absolute atomic E-state index is 0.235. The summed E-state index contributed by atoms with van der Waals surface area (Å²) in [5.41, 5.74) is 0.901. The summed E-state index contributed by atoms with van der Waals surface area (Å²) < 4.78 is 0. The summed E-state index contributed by atoms with van der Waals surface area (Å²) in [6.45, 7) is 0. The van der Waals surface area contributed by atoms with Gasteiger partial charge in [-0.3, -0.25) is 4.79 Å². The lowest BCUT2D eigenvalue weighted by molar-refractivity contribution is -0.112. The van der Waals surface area contributed by atoms with Crippen LogP contribution >= 0.6 is 34.5 Å². The molecule has 3 aromatic rings. The molecule has 0 aliphatic carbocycles. The molecule has 1 amide bonds. The fourth-order valence-electron chi connectivity index (χ4n) is 2.53. The second-order valence-electron chi connectivity index (χ2n) is 5.21. The van der Waals surface area contributed by atoms with Gasteiger partial charge >= 0.3 is 0 Å². The summed E-state index contributed by atoms with van der Waals surface area (Å²) in [6, 6.07) is 12.3. The van der Waals surface area contributed by atoms with Crippen LogP contribution in [-0.4, -0.2) is 16.0 Å². The third-order valence-electron chi connectivity index (χ3n) is 3.64. The van der Waals surface area contributed by atoms with E-state index in [9.17, 15) is 9.90 Å². The van der Waals surface area contributed by atoms with Crippen molar-refractivity contribution in [3.8, 4) is 5.88 Å². The van der Waals surface area contributed by atoms with Crippen LogP contribution in [0.5, 0.6) is 5.88 Å². The number of carbonyl (C=O) groups is 1. The Balaban J connectivity index is 1.79. The molecule has 0 bridgehead atoms. The monoisotopic (exact) mass is 389 g/mol. The van der Waals surface area contributed by atoms with Gasteiger partial charge in [-0.05, 0) is 18.2 Å². The van der Waals surface area contributed by atoms with Crippen LogP contribution < -0.4 is 15.9 Å². The number of hydrogen-bond donors (Lipinski definition) is 2. The standard InChI is InChI=1S/C17H9Cl2N3O2S/c18-9-5-3-7-11(13(9)19)21-17-22-16(24)14(25-17)12-8-4-1-2-6-10(8)20-15(12)23/h1-7,24H,(H,21,22). The van der Waals surface area contributed by atoms with Crippen molar-refractivity contribution in [2.45, 2.75) is 0 Å². The van der Waals surface area contributed by atoms with Crippen molar-refractivity contribution < 1.29 is 9.90 Å². The molecule has 4 rings (SSSR count). The number of fused-ring (bicyclic) bond motifs is 1. The molecule has 2 N–H and O–H groups in total. The first kappa shape index (κ1) is 16.1. The van der Waals surface area contributed by atoms with Crippen LogP contribution in [0, 0.1) is 0 Å². The SMILES string of the molecule is O=C1N=c2ccccc2=C1c1sc(Nc2cccc(Cl)c2Cl)nc1O. The number of para-hydroxylation sites is 1. The highest BCUT2D eigenvalue weighted by atomic mass is 35.5.